The van der Waals surface area contributed by atoms with E-state index in [1.54, 1.807) is 18.2 Å². The van der Waals surface area contributed by atoms with Crippen molar-refractivity contribution in [1.29, 1.82) is 5.26 Å². The number of piperazine rings is 1. The maximum Gasteiger partial charge on any atom is 0.215 e. The van der Waals surface area contributed by atoms with Crippen LogP contribution >= 0.6 is 12.4 Å². The SMILES string of the molecule is Cl.N#Cc1ccc(COc2cccc(N3CCNCC3)n2)c(F)c1. The molecule has 1 aliphatic rings. The van der Waals surface area contributed by atoms with Gasteiger partial charge in [0.1, 0.15) is 18.2 Å². The molecule has 1 aromatic carbocycles. The van der Waals surface area contributed by atoms with E-state index in [0.29, 0.717) is 17.0 Å². The number of hydrogen-bond acceptors (Lipinski definition) is 5. The van der Waals surface area contributed by atoms with E-state index >= 15 is 0 Å². The molecule has 0 spiro atoms. The summed E-state index contributed by atoms with van der Waals surface area (Å²) in [6, 6.07) is 11.8. The molecule has 1 fully saturated rings. The van der Waals surface area contributed by atoms with Crippen LogP contribution in [0.5, 0.6) is 5.88 Å². The lowest BCUT2D eigenvalue weighted by atomic mass is 10.1. The number of pyridine rings is 1. The van der Waals surface area contributed by atoms with E-state index in [-0.39, 0.29) is 19.0 Å². The molecule has 0 atom stereocenters. The van der Waals surface area contributed by atoms with E-state index in [4.69, 9.17) is 10.00 Å². The molecule has 1 aromatic heterocycles. The van der Waals surface area contributed by atoms with Gasteiger partial charge in [0, 0.05) is 37.8 Å². The summed E-state index contributed by atoms with van der Waals surface area (Å²) >= 11 is 0. The predicted molar refractivity (Wildman–Crippen MR) is 92.0 cm³/mol. The summed E-state index contributed by atoms with van der Waals surface area (Å²) in [4.78, 5) is 6.66. The van der Waals surface area contributed by atoms with Crippen molar-refractivity contribution in [3.05, 3.63) is 53.3 Å². The van der Waals surface area contributed by atoms with E-state index < -0.39 is 5.82 Å². The molecule has 0 unspecified atom stereocenters. The zero-order chi connectivity index (χ0) is 16.1. The number of halogens is 2. The van der Waals surface area contributed by atoms with Gasteiger partial charge in [0.2, 0.25) is 5.88 Å². The van der Waals surface area contributed by atoms with Crippen LogP contribution < -0.4 is 15.0 Å². The first-order valence-electron chi connectivity index (χ1n) is 7.50. The van der Waals surface area contributed by atoms with Crippen LogP contribution in [0, 0.1) is 17.1 Å². The average molecular weight is 349 g/mol. The number of anilines is 1. The van der Waals surface area contributed by atoms with Crippen LogP contribution in [-0.4, -0.2) is 31.2 Å². The van der Waals surface area contributed by atoms with Crippen LogP contribution in [0.25, 0.3) is 0 Å². The lowest BCUT2D eigenvalue weighted by Crippen LogP contribution is -2.43. The second kappa shape index (κ2) is 8.48. The smallest absolute Gasteiger partial charge is 0.215 e. The van der Waals surface area contributed by atoms with Gasteiger partial charge in [-0.15, -0.1) is 12.4 Å². The van der Waals surface area contributed by atoms with Gasteiger partial charge in [-0.3, -0.25) is 0 Å². The molecule has 7 heteroatoms. The maximum atomic E-state index is 13.8. The van der Waals surface area contributed by atoms with Crippen molar-refractivity contribution in [2.45, 2.75) is 6.61 Å². The Hall–Kier alpha value is -2.36. The molecule has 1 saturated heterocycles. The number of aromatic nitrogens is 1. The zero-order valence-corrected chi connectivity index (χ0v) is 13.9. The highest BCUT2D eigenvalue weighted by Gasteiger charge is 2.12. The molecule has 1 N–H and O–H groups in total. The third kappa shape index (κ3) is 4.34. The number of hydrogen-bond donors (Lipinski definition) is 1. The van der Waals surface area contributed by atoms with Crippen LogP contribution in [0.1, 0.15) is 11.1 Å². The Bertz CT molecular complexity index is 729. The summed E-state index contributed by atoms with van der Waals surface area (Å²) in [5.41, 5.74) is 0.698. The molecule has 2 aromatic rings. The van der Waals surface area contributed by atoms with Gasteiger partial charge in [0.25, 0.3) is 0 Å². The Kier molecular flexibility index (Phi) is 6.36. The highest BCUT2D eigenvalue weighted by atomic mass is 35.5. The lowest BCUT2D eigenvalue weighted by Gasteiger charge is -2.28. The second-order valence-corrected chi connectivity index (χ2v) is 5.28. The van der Waals surface area contributed by atoms with E-state index in [1.807, 2.05) is 18.2 Å². The summed E-state index contributed by atoms with van der Waals surface area (Å²) in [6.45, 7) is 3.75. The number of nitrogens with one attached hydrogen (secondary N) is 1. The van der Waals surface area contributed by atoms with Crippen molar-refractivity contribution in [2.24, 2.45) is 0 Å². The molecular weight excluding hydrogens is 331 g/mol. The molecule has 2 heterocycles. The Morgan fingerprint density at radius 3 is 2.75 bits per heavy atom. The van der Waals surface area contributed by atoms with Gasteiger partial charge in [0.05, 0.1) is 11.6 Å². The number of rotatable bonds is 4. The monoisotopic (exact) mass is 348 g/mol. The van der Waals surface area contributed by atoms with Crippen molar-refractivity contribution in [1.82, 2.24) is 10.3 Å². The minimum absolute atomic E-state index is 0. The fourth-order valence-corrected chi connectivity index (χ4v) is 2.44. The van der Waals surface area contributed by atoms with Crippen molar-refractivity contribution in [3.63, 3.8) is 0 Å². The normalized spacial score (nSPS) is 13.8. The third-order valence-corrected chi connectivity index (χ3v) is 3.71. The molecule has 0 aliphatic carbocycles. The van der Waals surface area contributed by atoms with Gasteiger partial charge in [-0.05, 0) is 18.2 Å². The van der Waals surface area contributed by atoms with Crippen LogP contribution in [-0.2, 0) is 6.61 Å². The molecule has 0 radical (unpaired) electrons. The van der Waals surface area contributed by atoms with Crippen molar-refractivity contribution in [3.8, 4) is 11.9 Å². The van der Waals surface area contributed by atoms with Crippen LogP contribution in [0.3, 0.4) is 0 Å². The summed E-state index contributed by atoms with van der Waals surface area (Å²) in [6.07, 6.45) is 0. The fourth-order valence-electron chi connectivity index (χ4n) is 2.44. The second-order valence-electron chi connectivity index (χ2n) is 5.28. The van der Waals surface area contributed by atoms with Gasteiger partial charge >= 0.3 is 0 Å². The number of nitriles is 1. The molecular formula is C17H18ClFN4O. The summed E-state index contributed by atoms with van der Waals surface area (Å²) < 4.78 is 19.4. The average Bonchev–Trinajstić information content (AvgIpc) is 2.61. The minimum Gasteiger partial charge on any atom is -0.473 e. The highest BCUT2D eigenvalue weighted by Crippen LogP contribution is 2.18. The third-order valence-electron chi connectivity index (χ3n) is 3.71. The molecule has 0 saturated carbocycles. The van der Waals surface area contributed by atoms with E-state index in [1.165, 1.54) is 6.07 Å². The maximum absolute atomic E-state index is 13.8. The molecule has 0 amide bonds. The first-order chi connectivity index (χ1) is 11.3. The quantitative estimate of drug-likeness (QED) is 0.920. The van der Waals surface area contributed by atoms with Gasteiger partial charge < -0.3 is 15.0 Å². The number of benzene rings is 1. The summed E-state index contributed by atoms with van der Waals surface area (Å²) in [7, 11) is 0. The van der Waals surface area contributed by atoms with Gasteiger partial charge in [-0.1, -0.05) is 12.1 Å². The largest absolute Gasteiger partial charge is 0.473 e. The van der Waals surface area contributed by atoms with Crippen molar-refractivity contribution in [2.75, 3.05) is 31.1 Å². The lowest BCUT2D eigenvalue weighted by molar-refractivity contribution is 0.288. The highest BCUT2D eigenvalue weighted by molar-refractivity contribution is 5.85. The Morgan fingerprint density at radius 2 is 2.04 bits per heavy atom. The number of ether oxygens (including phenoxy) is 1. The van der Waals surface area contributed by atoms with E-state index in [2.05, 4.69) is 15.2 Å². The Labute approximate surface area is 146 Å². The van der Waals surface area contributed by atoms with E-state index in [0.717, 1.165) is 32.0 Å². The molecule has 126 valence electrons. The van der Waals surface area contributed by atoms with Crippen molar-refractivity contribution < 1.29 is 9.13 Å². The van der Waals surface area contributed by atoms with Crippen molar-refractivity contribution >= 4 is 18.2 Å². The summed E-state index contributed by atoms with van der Waals surface area (Å²) in [5.74, 6) is 0.886. The zero-order valence-electron chi connectivity index (χ0n) is 13.0. The topological polar surface area (TPSA) is 61.2 Å². The fraction of sp³-hybridized carbons (Fsp3) is 0.294. The van der Waals surface area contributed by atoms with E-state index in [9.17, 15) is 4.39 Å². The predicted octanol–water partition coefficient (Wildman–Crippen LogP) is 2.50. The Morgan fingerprint density at radius 1 is 1.25 bits per heavy atom. The minimum atomic E-state index is -0.442. The molecule has 3 rings (SSSR count). The van der Waals surface area contributed by atoms with Gasteiger partial charge in [-0.2, -0.15) is 10.2 Å². The molecule has 24 heavy (non-hydrogen) atoms. The number of nitrogens with zero attached hydrogens (tertiary/aromatic N) is 3. The van der Waals surface area contributed by atoms with Gasteiger partial charge in [-0.25, -0.2) is 4.39 Å². The molecule has 1 aliphatic heterocycles. The first kappa shape index (κ1) is 18.0. The van der Waals surface area contributed by atoms with Crippen LogP contribution in [0.4, 0.5) is 10.2 Å². The molecule has 5 nitrogen and oxygen atoms in total. The summed E-state index contributed by atoms with van der Waals surface area (Å²) in [5, 5.41) is 12.0. The van der Waals surface area contributed by atoms with Crippen LogP contribution in [0.15, 0.2) is 36.4 Å². The van der Waals surface area contributed by atoms with Gasteiger partial charge in [0.15, 0.2) is 0 Å². The molecule has 0 bridgehead atoms. The standard InChI is InChI=1S/C17H17FN4O.ClH/c18-15-10-13(11-19)4-5-14(15)12-23-17-3-1-2-16(21-17)22-8-6-20-7-9-22;/h1-5,10,20H,6-9,12H2;1H. The Balaban J connectivity index is 0.00000208. The van der Waals surface area contributed by atoms with Crippen LogP contribution in [0.2, 0.25) is 0 Å². The first-order valence-corrected chi connectivity index (χ1v) is 7.50.